The number of hydrogen-bond donors (Lipinski definition) is 0. The standard InChI is InChI=1S/C12H32O3Si4/c1-17(2,3)14-19(7,15-18(4,5)6)12(16)10-8-9-11-13-12/h8-11H2,1-7,16H3. The van der Waals surface area contributed by atoms with Crippen LogP contribution in [0.3, 0.4) is 0 Å². The van der Waals surface area contributed by atoms with E-state index in [1.165, 1.54) is 12.8 Å². The molecule has 0 radical (unpaired) electrons. The van der Waals surface area contributed by atoms with Crippen LogP contribution in [0.25, 0.3) is 0 Å². The topological polar surface area (TPSA) is 27.7 Å². The van der Waals surface area contributed by atoms with Crippen molar-refractivity contribution in [2.45, 2.75) is 69.9 Å². The zero-order chi connectivity index (χ0) is 14.9. The molecule has 1 heterocycles. The first-order valence-corrected chi connectivity index (χ1v) is 17.5. The zero-order valence-electron chi connectivity index (χ0n) is 14.1. The van der Waals surface area contributed by atoms with Crippen molar-refractivity contribution >= 4 is 35.4 Å². The minimum Gasteiger partial charge on any atom is -0.435 e. The largest absolute Gasteiger partial charge is 0.435 e. The van der Waals surface area contributed by atoms with Crippen LogP contribution in [0, 0.1) is 0 Å². The van der Waals surface area contributed by atoms with Gasteiger partial charge in [0.1, 0.15) is 0 Å². The van der Waals surface area contributed by atoms with E-state index in [-0.39, 0.29) is 4.85 Å². The summed E-state index contributed by atoms with van der Waals surface area (Å²) in [4.78, 5) is -0.0498. The SMILES string of the molecule is C[Si](C)(C)O[Si](C)(O[Si](C)(C)C)C1([SiH3])CCCCO1. The molecule has 0 aromatic carbocycles. The van der Waals surface area contributed by atoms with Gasteiger partial charge >= 0.3 is 8.56 Å². The second kappa shape index (κ2) is 5.86. The highest BCUT2D eigenvalue weighted by molar-refractivity contribution is 6.91. The van der Waals surface area contributed by atoms with E-state index in [1.54, 1.807) is 0 Å². The van der Waals surface area contributed by atoms with Crippen LogP contribution in [0.1, 0.15) is 19.3 Å². The fraction of sp³-hybridized carbons (Fsp3) is 1.00. The van der Waals surface area contributed by atoms with Crippen LogP contribution in [0.5, 0.6) is 0 Å². The van der Waals surface area contributed by atoms with Crippen molar-refractivity contribution < 1.29 is 13.0 Å². The molecule has 1 aliphatic heterocycles. The van der Waals surface area contributed by atoms with E-state index in [0.717, 1.165) is 23.3 Å². The van der Waals surface area contributed by atoms with E-state index in [1.807, 2.05) is 0 Å². The Morgan fingerprint density at radius 1 is 0.895 bits per heavy atom. The van der Waals surface area contributed by atoms with Crippen molar-refractivity contribution in [1.29, 1.82) is 0 Å². The van der Waals surface area contributed by atoms with Crippen molar-refractivity contribution in [3.05, 3.63) is 0 Å². The Kier molecular flexibility index (Phi) is 5.49. The molecule has 0 amide bonds. The molecule has 3 nitrogen and oxygen atoms in total. The molecule has 0 aliphatic carbocycles. The molecule has 1 saturated heterocycles. The predicted molar refractivity (Wildman–Crippen MR) is 93.0 cm³/mol. The van der Waals surface area contributed by atoms with Crippen LogP contribution in [0.4, 0.5) is 0 Å². The highest BCUT2D eigenvalue weighted by atomic mass is 28.5. The third kappa shape index (κ3) is 5.22. The maximum atomic E-state index is 6.64. The smallest absolute Gasteiger partial charge is 0.343 e. The molecule has 1 fully saturated rings. The molecule has 0 saturated carbocycles. The molecule has 0 spiro atoms. The average molecular weight is 337 g/mol. The maximum Gasteiger partial charge on any atom is 0.343 e. The number of hydrogen-bond acceptors (Lipinski definition) is 3. The van der Waals surface area contributed by atoms with E-state index in [0.29, 0.717) is 0 Å². The van der Waals surface area contributed by atoms with Crippen LogP contribution in [-0.2, 0) is 13.0 Å². The van der Waals surface area contributed by atoms with Gasteiger partial charge in [-0.15, -0.1) is 0 Å². The van der Waals surface area contributed by atoms with Gasteiger partial charge < -0.3 is 13.0 Å². The van der Waals surface area contributed by atoms with Crippen molar-refractivity contribution in [3.8, 4) is 0 Å². The number of ether oxygens (including phenoxy) is 1. The Morgan fingerprint density at radius 3 is 1.68 bits per heavy atom. The van der Waals surface area contributed by atoms with Gasteiger partial charge in [-0.1, -0.05) is 0 Å². The molecular formula is C12H32O3Si4. The van der Waals surface area contributed by atoms with Gasteiger partial charge in [0.05, 0.1) is 4.85 Å². The normalized spacial score (nSPS) is 26.7. The Balaban J connectivity index is 3.03. The predicted octanol–water partition coefficient (Wildman–Crippen LogP) is 2.56. The summed E-state index contributed by atoms with van der Waals surface area (Å²) in [7, 11) is -4.52. The van der Waals surface area contributed by atoms with Gasteiger partial charge in [0.25, 0.3) is 0 Å². The van der Waals surface area contributed by atoms with Crippen LogP contribution in [0.15, 0.2) is 0 Å². The summed E-state index contributed by atoms with van der Waals surface area (Å²) in [5.41, 5.74) is 0. The summed E-state index contributed by atoms with van der Waals surface area (Å²) in [5.74, 6) is 0. The summed E-state index contributed by atoms with van der Waals surface area (Å²) in [6, 6.07) is 0. The van der Waals surface area contributed by atoms with Crippen molar-refractivity contribution in [3.63, 3.8) is 0 Å². The molecule has 7 heteroatoms. The summed E-state index contributed by atoms with van der Waals surface area (Å²) >= 11 is 0. The molecule has 0 bridgehead atoms. The molecule has 1 atom stereocenters. The van der Waals surface area contributed by atoms with Crippen molar-refractivity contribution in [2.75, 3.05) is 6.61 Å². The Morgan fingerprint density at radius 2 is 1.37 bits per heavy atom. The van der Waals surface area contributed by atoms with E-state index in [9.17, 15) is 0 Å². The molecule has 0 N–H and O–H groups in total. The third-order valence-corrected chi connectivity index (χ3v) is 17.3. The fourth-order valence-corrected chi connectivity index (χ4v) is 17.7. The van der Waals surface area contributed by atoms with Gasteiger partial charge in [-0.2, -0.15) is 0 Å². The molecule has 114 valence electrons. The van der Waals surface area contributed by atoms with Gasteiger partial charge in [0.15, 0.2) is 16.6 Å². The zero-order valence-corrected chi connectivity index (χ0v) is 19.1. The van der Waals surface area contributed by atoms with Gasteiger partial charge in [0, 0.05) is 16.8 Å². The van der Waals surface area contributed by atoms with Crippen LogP contribution < -0.4 is 0 Å². The first-order chi connectivity index (χ1) is 8.37. The molecule has 1 aliphatic rings. The first kappa shape index (κ1) is 17.8. The lowest BCUT2D eigenvalue weighted by atomic mass is 10.2. The average Bonchev–Trinajstić information content (AvgIpc) is 2.12. The molecule has 19 heavy (non-hydrogen) atoms. The van der Waals surface area contributed by atoms with Crippen LogP contribution >= 0.6 is 0 Å². The van der Waals surface area contributed by atoms with Gasteiger partial charge in [-0.05, 0) is 65.1 Å². The minimum absolute atomic E-state index is 0.0498. The van der Waals surface area contributed by atoms with E-state index in [4.69, 9.17) is 13.0 Å². The maximum absolute atomic E-state index is 6.64. The lowest BCUT2D eigenvalue weighted by Crippen LogP contribution is -2.69. The third-order valence-electron chi connectivity index (χ3n) is 3.43. The first-order valence-electron chi connectivity index (χ1n) is 7.41. The van der Waals surface area contributed by atoms with Crippen LogP contribution in [-0.4, -0.2) is 46.9 Å². The van der Waals surface area contributed by atoms with Crippen LogP contribution in [0.2, 0.25) is 45.8 Å². The van der Waals surface area contributed by atoms with Crippen molar-refractivity contribution in [1.82, 2.24) is 0 Å². The highest BCUT2D eigenvalue weighted by Crippen LogP contribution is 2.36. The summed E-state index contributed by atoms with van der Waals surface area (Å²) in [5, 5.41) is 0. The minimum atomic E-state index is -2.28. The number of rotatable bonds is 5. The fourth-order valence-electron chi connectivity index (χ4n) is 2.70. The van der Waals surface area contributed by atoms with Gasteiger partial charge in [-0.25, -0.2) is 0 Å². The highest BCUT2D eigenvalue weighted by Gasteiger charge is 2.55. The van der Waals surface area contributed by atoms with Gasteiger partial charge in [0.2, 0.25) is 0 Å². The Hall–Kier alpha value is 0.748. The van der Waals surface area contributed by atoms with Crippen molar-refractivity contribution in [2.24, 2.45) is 0 Å². The summed E-state index contributed by atoms with van der Waals surface area (Å²) in [6.07, 6.45) is 3.58. The summed E-state index contributed by atoms with van der Waals surface area (Å²) < 4.78 is 19.5. The second-order valence-electron chi connectivity index (χ2n) is 7.91. The van der Waals surface area contributed by atoms with E-state index in [2.05, 4.69) is 45.8 Å². The lowest BCUT2D eigenvalue weighted by Gasteiger charge is -2.50. The Labute approximate surface area is 125 Å². The lowest BCUT2D eigenvalue weighted by molar-refractivity contribution is 0.00962. The van der Waals surface area contributed by atoms with E-state index >= 15 is 0 Å². The summed E-state index contributed by atoms with van der Waals surface area (Å²) in [6.45, 7) is 16.7. The Bertz CT molecular complexity index is 287. The molecule has 1 rings (SSSR count). The monoisotopic (exact) mass is 336 g/mol. The second-order valence-corrected chi connectivity index (χ2v) is 23.6. The van der Waals surface area contributed by atoms with E-state index < -0.39 is 25.2 Å². The quantitative estimate of drug-likeness (QED) is 0.722. The molecule has 0 aromatic rings. The van der Waals surface area contributed by atoms with Gasteiger partial charge in [-0.3, -0.25) is 0 Å². The molecular weight excluding hydrogens is 304 g/mol. The molecule has 1 unspecified atom stereocenters. The molecule has 0 aromatic heterocycles.